The minimum Gasteiger partial charge on any atom is -0.495 e. The number of sulfonamides is 1. The van der Waals surface area contributed by atoms with Crippen molar-refractivity contribution >= 4 is 32.2 Å². The molecule has 0 saturated heterocycles. The molecule has 1 aromatic heterocycles. The summed E-state index contributed by atoms with van der Waals surface area (Å²) >= 11 is 1.01. The third-order valence-electron chi connectivity index (χ3n) is 3.79. The molecule has 1 N–H and O–H groups in total. The number of ether oxygens (including phenoxy) is 1. The van der Waals surface area contributed by atoms with Gasteiger partial charge in [-0.25, -0.2) is 22.2 Å². The molecule has 1 heterocycles. The van der Waals surface area contributed by atoms with E-state index in [9.17, 15) is 27.3 Å². The standard InChI is InChI=1S/C17H13F2N3O5S2/c1-27-15-8-11(22(23)24)3-5-16(15)29(25,26)21-17-20-9-12(28-17)6-10-2-4-13(18)14(19)7-10/h2-5,7-9H,6H2,1H3,(H,20,21). The lowest BCUT2D eigenvalue weighted by Gasteiger charge is -2.09. The van der Waals surface area contributed by atoms with Gasteiger partial charge in [-0.3, -0.25) is 14.8 Å². The first-order chi connectivity index (χ1) is 13.7. The van der Waals surface area contributed by atoms with Crippen molar-refractivity contribution in [1.29, 1.82) is 0 Å². The number of nitro groups is 1. The van der Waals surface area contributed by atoms with E-state index < -0.39 is 26.6 Å². The van der Waals surface area contributed by atoms with Crippen molar-refractivity contribution in [2.45, 2.75) is 11.3 Å². The van der Waals surface area contributed by atoms with E-state index in [1.807, 2.05) is 0 Å². The van der Waals surface area contributed by atoms with Crippen LogP contribution in [0.4, 0.5) is 19.6 Å². The predicted octanol–water partition coefficient (Wildman–Crippen LogP) is 3.73. The molecule has 0 saturated carbocycles. The Morgan fingerprint density at radius 2 is 1.97 bits per heavy atom. The highest BCUT2D eigenvalue weighted by molar-refractivity contribution is 7.93. The van der Waals surface area contributed by atoms with Gasteiger partial charge >= 0.3 is 0 Å². The monoisotopic (exact) mass is 441 g/mol. The maximum absolute atomic E-state index is 13.3. The zero-order valence-corrected chi connectivity index (χ0v) is 16.4. The highest BCUT2D eigenvalue weighted by Crippen LogP contribution is 2.31. The number of anilines is 1. The number of aromatic nitrogens is 1. The zero-order valence-electron chi connectivity index (χ0n) is 14.8. The number of methoxy groups -OCH3 is 1. The van der Waals surface area contributed by atoms with Crippen molar-refractivity contribution < 1.29 is 26.9 Å². The van der Waals surface area contributed by atoms with E-state index in [2.05, 4.69) is 9.71 Å². The van der Waals surface area contributed by atoms with E-state index >= 15 is 0 Å². The fraction of sp³-hybridized carbons (Fsp3) is 0.118. The maximum Gasteiger partial charge on any atom is 0.273 e. The number of nitro benzene ring substituents is 1. The van der Waals surface area contributed by atoms with Crippen LogP contribution in [0.2, 0.25) is 0 Å². The van der Waals surface area contributed by atoms with Gasteiger partial charge in [0.1, 0.15) is 10.6 Å². The largest absolute Gasteiger partial charge is 0.495 e. The minimum atomic E-state index is -4.13. The maximum atomic E-state index is 13.3. The summed E-state index contributed by atoms with van der Waals surface area (Å²) in [4.78, 5) is 14.5. The van der Waals surface area contributed by atoms with Gasteiger partial charge in [0.25, 0.3) is 15.7 Å². The normalized spacial score (nSPS) is 11.3. The first-order valence-corrected chi connectivity index (χ1v) is 10.2. The molecule has 0 amide bonds. The molecule has 0 aliphatic heterocycles. The van der Waals surface area contributed by atoms with Gasteiger partial charge in [0.15, 0.2) is 16.8 Å². The summed E-state index contributed by atoms with van der Waals surface area (Å²) in [6.07, 6.45) is 1.65. The van der Waals surface area contributed by atoms with Gasteiger partial charge in [0, 0.05) is 23.6 Å². The lowest BCUT2D eigenvalue weighted by Crippen LogP contribution is -2.14. The molecule has 0 atom stereocenters. The third kappa shape index (κ3) is 4.66. The summed E-state index contributed by atoms with van der Waals surface area (Å²) in [5, 5.41) is 10.9. The van der Waals surface area contributed by atoms with Gasteiger partial charge in [-0.05, 0) is 23.8 Å². The SMILES string of the molecule is COc1cc([N+](=O)[O-])ccc1S(=O)(=O)Nc1ncc(Cc2ccc(F)c(F)c2)s1. The molecule has 0 spiro atoms. The molecule has 152 valence electrons. The van der Waals surface area contributed by atoms with Gasteiger partial charge in [-0.15, -0.1) is 11.3 Å². The molecule has 0 fully saturated rings. The molecular formula is C17H13F2N3O5S2. The zero-order chi connectivity index (χ0) is 21.2. The Balaban J connectivity index is 1.81. The second-order valence-electron chi connectivity index (χ2n) is 5.75. The van der Waals surface area contributed by atoms with Crippen LogP contribution in [0, 0.1) is 21.7 Å². The summed E-state index contributed by atoms with van der Waals surface area (Å²) in [7, 11) is -2.93. The van der Waals surface area contributed by atoms with Crippen LogP contribution in [0.1, 0.15) is 10.4 Å². The summed E-state index contributed by atoms with van der Waals surface area (Å²) in [5.41, 5.74) is 0.183. The number of non-ortho nitro benzene ring substituents is 1. The van der Waals surface area contributed by atoms with Crippen molar-refractivity contribution in [3.8, 4) is 5.75 Å². The van der Waals surface area contributed by atoms with Crippen LogP contribution in [0.25, 0.3) is 0 Å². The number of rotatable bonds is 7. The van der Waals surface area contributed by atoms with Crippen LogP contribution < -0.4 is 9.46 Å². The van der Waals surface area contributed by atoms with Crippen molar-refractivity contribution in [3.05, 3.63) is 74.8 Å². The summed E-state index contributed by atoms with van der Waals surface area (Å²) in [6.45, 7) is 0. The Morgan fingerprint density at radius 1 is 1.21 bits per heavy atom. The molecular weight excluding hydrogens is 428 g/mol. The molecule has 29 heavy (non-hydrogen) atoms. The number of hydrogen-bond donors (Lipinski definition) is 1. The van der Waals surface area contributed by atoms with Crippen molar-refractivity contribution in [3.63, 3.8) is 0 Å². The Bertz CT molecular complexity index is 1180. The van der Waals surface area contributed by atoms with Gasteiger partial charge in [-0.1, -0.05) is 6.07 Å². The Labute approximate surface area is 168 Å². The van der Waals surface area contributed by atoms with Gasteiger partial charge in [0.05, 0.1) is 18.1 Å². The predicted molar refractivity (Wildman–Crippen MR) is 102 cm³/mol. The molecule has 0 aliphatic rings. The fourth-order valence-corrected chi connectivity index (χ4v) is 4.69. The highest BCUT2D eigenvalue weighted by Gasteiger charge is 2.23. The number of nitrogens with one attached hydrogen (secondary N) is 1. The van der Waals surface area contributed by atoms with E-state index in [4.69, 9.17) is 4.74 Å². The Morgan fingerprint density at radius 3 is 2.62 bits per heavy atom. The van der Waals surface area contributed by atoms with Crippen LogP contribution in [0.3, 0.4) is 0 Å². The molecule has 8 nitrogen and oxygen atoms in total. The lowest BCUT2D eigenvalue weighted by molar-refractivity contribution is -0.385. The van der Waals surface area contributed by atoms with Crippen molar-refractivity contribution in [1.82, 2.24) is 4.98 Å². The number of benzene rings is 2. The summed E-state index contributed by atoms with van der Waals surface area (Å²) < 4.78 is 58.8. The summed E-state index contributed by atoms with van der Waals surface area (Å²) in [6, 6.07) is 6.61. The quantitative estimate of drug-likeness (QED) is 0.442. The highest BCUT2D eigenvalue weighted by atomic mass is 32.2. The van der Waals surface area contributed by atoms with Gasteiger partial charge in [0.2, 0.25) is 0 Å². The molecule has 0 unspecified atom stereocenters. The average Bonchev–Trinajstić information content (AvgIpc) is 3.10. The van der Waals surface area contributed by atoms with E-state index in [-0.39, 0.29) is 27.9 Å². The van der Waals surface area contributed by atoms with Gasteiger partial charge in [-0.2, -0.15) is 0 Å². The molecule has 0 bridgehead atoms. The van der Waals surface area contributed by atoms with Crippen molar-refractivity contribution in [2.24, 2.45) is 0 Å². The number of nitrogens with zero attached hydrogens (tertiary/aromatic N) is 2. The molecule has 0 radical (unpaired) electrons. The van der Waals surface area contributed by atoms with E-state index in [0.29, 0.717) is 10.4 Å². The van der Waals surface area contributed by atoms with Gasteiger partial charge < -0.3 is 4.74 Å². The first kappa shape index (κ1) is 20.6. The van der Waals surface area contributed by atoms with E-state index in [1.54, 1.807) is 0 Å². The van der Waals surface area contributed by atoms with Crippen LogP contribution in [-0.4, -0.2) is 25.4 Å². The van der Waals surface area contributed by atoms with Crippen LogP contribution >= 0.6 is 11.3 Å². The molecule has 12 heteroatoms. The average molecular weight is 441 g/mol. The fourth-order valence-electron chi connectivity index (χ4n) is 2.45. The van der Waals surface area contributed by atoms with Crippen LogP contribution in [-0.2, 0) is 16.4 Å². The van der Waals surface area contributed by atoms with E-state index in [0.717, 1.165) is 41.7 Å². The van der Waals surface area contributed by atoms with E-state index in [1.165, 1.54) is 19.4 Å². The first-order valence-electron chi connectivity index (χ1n) is 7.93. The lowest BCUT2D eigenvalue weighted by atomic mass is 10.1. The van der Waals surface area contributed by atoms with Crippen molar-refractivity contribution in [2.75, 3.05) is 11.8 Å². The molecule has 0 aliphatic carbocycles. The minimum absolute atomic E-state index is 0.0444. The molecule has 2 aromatic carbocycles. The smallest absolute Gasteiger partial charge is 0.273 e. The number of hydrogen-bond acceptors (Lipinski definition) is 7. The molecule has 3 rings (SSSR count). The topological polar surface area (TPSA) is 111 Å². The molecule has 3 aromatic rings. The second kappa shape index (κ2) is 8.09. The Hall–Kier alpha value is -3.12. The third-order valence-corrected chi connectivity index (χ3v) is 6.21. The summed E-state index contributed by atoms with van der Waals surface area (Å²) in [5.74, 6) is -2.12. The number of thiazole rings is 1. The second-order valence-corrected chi connectivity index (χ2v) is 8.52. The Kier molecular flexibility index (Phi) is 5.75. The van der Waals surface area contributed by atoms with Crippen LogP contribution in [0.5, 0.6) is 5.75 Å². The van der Waals surface area contributed by atoms with Crippen LogP contribution in [0.15, 0.2) is 47.5 Å². The number of halogens is 2.